The predicted molar refractivity (Wildman–Crippen MR) is 59.2 cm³/mol. The number of aromatic nitrogens is 1. The van der Waals surface area contributed by atoms with Gasteiger partial charge < -0.3 is 9.53 Å². The predicted octanol–water partition coefficient (Wildman–Crippen LogP) is 2.00. The molecular formula is C11H15NO2S. The quantitative estimate of drug-likeness (QED) is 0.736. The fourth-order valence-electron chi connectivity index (χ4n) is 1.78. The van der Waals surface area contributed by atoms with Gasteiger partial charge in [0.15, 0.2) is 0 Å². The minimum Gasteiger partial charge on any atom is -0.378 e. The summed E-state index contributed by atoms with van der Waals surface area (Å²) in [5.41, 5.74) is 0. The number of carbonyl (C=O) groups excluding carboxylic acids is 1. The lowest BCUT2D eigenvalue weighted by molar-refractivity contribution is -0.107. The molecule has 0 aromatic carbocycles. The number of ether oxygens (including phenoxy) is 1. The molecule has 15 heavy (non-hydrogen) atoms. The zero-order valence-corrected chi connectivity index (χ0v) is 9.46. The van der Waals surface area contributed by atoms with Crippen molar-refractivity contribution in [1.82, 2.24) is 4.98 Å². The molecule has 3 nitrogen and oxygen atoms in total. The Morgan fingerprint density at radius 3 is 3.27 bits per heavy atom. The van der Waals surface area contributed by atoms with Gasteiger partial charge in [-0.05, 0) is 19.3 Å². The van der Waals surface area contributed by atoms with Gasteiger partial charge in [-0.15, -0.1) is 11.3 Å². The summed E-state index contributed by atoms with van der Waals surface area (Å²) < 4.78 is 5.65. The van der Waals surface area contributed by atoms with Crippen molar-refractivity contribution in [3.63, 3.8) is 0 Å². The average molecular weight is 225 g/mol. The summed E-state index contributed by atoms with van der Waals surface area (Å²) in [5, 5.41) is 1.10. The van der Waals surface area contributed by atoms with E-state index in [1.54, 1.807) is 17.5 Å². The maximum absolute atomic E-state index is 10.3. The molecule has 1 fully saturated rings. The van der Waals surface area contributed by atoms with Crippen LogP contribution in [0.5, 0.6) is 0 Å². The number of carbonyl (C=O) groups is 1. The molecule has 1 saturated heterocycles. The highest BCUT2D eigenvalue weighted by molar-refractivity contribution is 7.11. The topological polar surface area (TPSA) is 39.2 Å². The van der Waals surface area contributed by atoms with Gasteiger partial charge in [-0.2, -0.15) is 0 Å². The van der Waals surface area contributed by atoms with E-state index in [-0.39, 0.29) is 0 Å². The molecule has 0 radical (unpaired) electrons. The van der Waals surface area contributed by atoms with Gasteiger partial charge in [0, 0.05) is 30.5 Å². The van der Waals surface area contributed by atoms with E-state index < -0.39 is 0 Å². The van der Waals surface area contributed by atoms with Gasteiger partial charge in [0.05, 0.1) is 11.1 Å². The number of hydrogen-bond acceptors (Lipinski definition) is 4. The number of hydrogen-bond donors (Lipinski definition) is 0. The van der Waals surface area contributed by atoms with Crippen LogP contribution in [0, 0.1) is 0 Å². The van der Waals surface area contributed by atoms with E-state index in [0.717, 1.165) is 35.6 Å². The van der Waals surface area contributed by atoms with E-state index in [1.807, 2.05) is 0 Å². The molecule has 2 rings (SSSR count). The van der Waals surface area contributed by atoms with Crippen molar-refractivity contribution in [2.24, 2.45) is 0 Å². The van der Waals surface area contributed by atoms with E-state index in [4.69, 9.17) is 4.74 Å². The summed E-state index contributed by atoms with van der Waals surface area (Å²) in [7, 11) is 0. The molecule has 82 valence electrons. The van der Waals surface area contributed by atoms with Gasteiger partial charge in [-0.25, -0.2) is 4.98 Å². The van der Waals surface area contributed by atoms with E-state index in [0.29, 0.717) is 12.5 Å². The van der Waals surface area contributed by atoms with Crippen molar-refractivity contribution in [3.05, 3.63) is 16.1 Å². The zero-order valence-electron chi connectivity index (χ0n) is 8.65. The fraction of sp³-hybridized carbons (Fsp3) is 0.636. The number of thiazole rings is 1. The lowest BCUT2D eigenvalue weighted by Gasteiger charge is -2.21. The van der Waals surface area contributed by atoms with E-state index in [1.165, 1.54) is 12.8 Å². The molecule has 4 heteroatoms. The van der Waals surface area contributed by atoms with Crippen molar-refractivity contribution in [2.75, 3.05) is 6.61 Å². The van der Waals surface area contributed by atoms with Crippen molar-refractivity contribution in [1.29, 1.82) is 0 Å². The number of aldehydes is 1. The fourth-order valence-corrected chi connectivity index (χ4v) is 2.72. The minimum absolute atomic E-state index is 0.342. The van der Waals surface area contributed by atoms with Gasteiger partial charge in [0.25, 0.3) is 0 Å². The van der Waals surface area contributed by atoms with Gasteiger partial charge in [-0.3, -0.25) is 0 Å². The van der Waals surface area contributed by atoms with E-state index >= 15 is 0 Å². The van der Waals surface area contributed by atoms with E-state index in [2.05, 4.69) is 4.98 Å². The Labute approximate surface area is 93.5 Å². The van der Waals surface area contributed by atoms with Crippen LogP contribution in [0.15, 0.2) is 6.20 Å². The minimum atomic E-state index is 0.342. The first-order valence-electron chi connectivity index (χ1n) is 5.37. The van der Waals surface area contributed by atoms with Gasteiger partial charge in [0.2, 0.25) is 0 Å². The molecule has 1 aromatic rings. The summed E-state index contributed by atoms with van der Waals surface area (Å²) in [5.74, 6) is 0. The SMILES string of the molecule is O=CCc1cnc(CC2CCCCO2)s1. The third-order valence-corrected chi connectivity index (χ3v) is 3.60. The molecule has 0 spiro atoms. The van der Waals surface area contributed by atoms with Crippen molar-refractivity contribution >= 4 is 17.6 Å². The summed E-state index contributed by atoms with van der Waals surface area (Å²) in [6.45, 7) is 0.886. The first-order chi connectivity index (χ1) is 7.38. The van der Waals surface area contributed by atoms with Crippen LogP contribution >= 0.6 is 11.3 Å². The monoisotopic (exact) mass is 225 g/mol. The maximum atomic E-state index is 10.3. The normalized spacial score (nSPS) is 21.5. The molecular weight excluding hydrogens is 210 g/mol. The molecule has 0 N–H and O–H groups in total. The second-order valence-corrected chi connectivity index (χ2v) is 4.98. The Morgan fingerprint density at radius 2 is 2.53 bits per heavy atom. The third-order valence-electron chi connectivity index (χ3n) is 2.56. The summed E-state index contributed by atoms with van der Waals surface area (Å²) >= 11 is 1.63. The van der Waals surface area contributed by atoms with Crippen LogP contribution in [0.1, 0.15) is 29.1 Å². The summed E-state index contributed by atoms with van der Waals surface area (Å²) in [4.78, 5) is 15.7. The Hall–Kier alpha value is -0.740. The van der Waals surface area contributed by atoms with Gasteiger partial charge >= 0.3 is 0 Å². The molecule has 1 unspecified atom stereocenters. The molecule has 1 aliphatic rings. The Balaban J connectivity index is 1.88. The summed E-state index contributed by atoms with van der Waals surface area (Å²) in [6, 6.07) is 0. The highest BCUT2D eigenvalue weighted by Crippen LogP contribution is 2.20. The molecule has 0 aliphatic carbocycles. The van der Waals surface area contributed by atoms with Crippen LogP contribution < -0.4 is 0 Å². The largest absolute Gasteiger partial charge is 0.378 e. The van der Waals surface area contributed by atoms with E-state index in [9.17, 15) is 4.79 Å². The van der Waals surface area contributed by atoms with Crippen LogP contribution in [-0.4, -0.2) is 24.0 Å². The molecule has 1 aliphatic heterocycles. The Kier molecular flexibility index (Phi) is 3.86. The van der Waals surface area contributed by atoms with Crippen molar-refractivity contribution < 1.29 is 9.53 Å². The van der Waals surface area contributed by atoms with Crippen LogP contribution in [0.25, 0.3) is 0 Å². The Bertz CT molecular complexity index is 318. The van der Waals surface area contributed by atoms with Crippen LogP contribution in [-0.2, 0) is 22.4 Å². The number of nitrogens with zero attached hydrogens (tertiary/aromatic N) is 1. The molecule has 0 saturated carbocycles. The maximum Gasteiger partial charge on any atom is 0.125 e. The lowest BCUT2D eigenvalue weighted by Crippen LogP contribution is -2.21. The number of rotatable bonds is 4. The molecule has 1 atom stereocenters. The summed E-state index contributed by atoms with van der Waals surface area (Å²) in [6.07, 6.45) is 8.05. The molecule has 1 aromatic heterocycles. The smallest absolute Gasteiger partial charge is 0.125 e. The van der Waals surface area contributed by atoms with Gasteiger partial charge in [0.1, 0.15) is 6.29 Å². The molecule has 2 heterocycles. The first-order valence-corrected chi connectivity index (χ1v) is 6.19. The highest BCUT2D eigenvalue weighted by atomic mass is 32.1. The van der Waals surface area contributed by atoms with Crippen molar-refractivity contribution in [2.45, 2.75) is 38.2 Å². The van der Waals surface area contributed by atoms with Gasteiger partial charge in [-0.1, -0.05) is 0 Å². The third kappa shape index (κ3) is 3.11. The standard InChI is InChI=1S/C11H15NO2S/c13-5-4-10-8-12-11(15-10)7-9-3-1-2-6-14-9/h5,8-9H,1-4,6-7H2. The average Bonchev–Trinajstić information content (AvgIpc) is 2.68. The highest BCUT2D eigenvalue weighted by Gasteiger charge is 2.15. The Morgan fingerprint density at radius 1 is 1.60 bits per heavy atom. The second kappa shape index (κ2) is 5.37. The van der Waals surface area contributed by atoms with Crippen LogP contribution in [0.4, 0.5) is 0 Å². The van der Waals surface area contributed by atoms with Crippen molar-refractivity contribution in [3.8, 4) is 0 Å². The molecule has 0 bridgehead atoms. The second-order valence-electron chi connectivity index (χ2n) is 3.78. The lowest BCUT2D eigenvalue weighted by atomic mass is 10.1. The van der Waals surface area contributed by atoms with Crippen LogP contribution in [0.2, 0.25) is 0 Å². The zero-order chi connectivity index (χ0) is 10.5. The van der Waals surface area contributed by atoms with Crippen LogP contribution in [0.3, 0.4) is 0 Å². The first kappa shape index (κ1) is 10.8. The molecule has 0 amide bonds.